The minimum Gasteiger partial charge on any atom is -0.507 e. The number of imide groups is 1. The molecule has 0 bridgehead atoms. The number of nitrogens with zero attached hydrogens (tertiary/aromatic N) is 1. The summed E-state index contributed by atoms with van der Waals surface area (Å²) in [5, 5.41) is 10.0. The van der Waals surface area contributed by atoms with E-state index in [-0.39, 0.29) is 41.4 Å². The molecule has 166 valence electrons. The van der Waals surface area contributed by atoms with Gasteiger partial charge < -0.3 is 9.84 Å². The molecule has 3 aliphatic rings. The van der Waals surface area contributed by atoms with Crippen LogP contribution in [0.5, 0.6) is 5.75 Å². The van der Waals surface area contributed by atoms with E-state index >= 15 is 0 Å². The highest BCUT2D eigenvalue weighted by atomic mass is 16.5. The number of hydrogen-bond donors (Lipinski definition) is 1. The standard InChI is InChI=1S/C26H33NO4/c1-4-12-27-25(29)19-14-17(5-2)23-20(24(19)26(27)30)15-31-22(23)11-10-16(3)13-18-8-6-7-9-21(18)28/h6-9,13,19-20,22,24,28H,4-5,10-12,14-15H2,1-3H3/b16-13+/t19-,20+,22-,24-/m1/s1. The van der Waals surface area contributed by atoms with Crippen molar-refractivity contribution in [2.75, 3.05) is 13.2 Å². The second-order valence-corrected chi connectivity index (χ2v) is 9.09. The van der Waals surface area contributed by atoms with Crippen LogP contribution < -0.4 is 0 Å². The lowest BCUT2D eigenvalue weighted by Gasteiger charge is -2.31. The molecule has 1 N–H and O–H groups in total. The van der Waals surface area contributed by atoms with Crippen molar-refractivity contribution >= 4 is 17.9 Å². The van der Waals surface area contributed by atoms with Gasteiger partial charge in [0.05, 0.1) is 24.5 Å². The summed E-state index contributed by atoms with van der Waals surface area (Å²) in [5.41, 5.74) is 4.61. The molecule has 4 rings (SSSR count). The lowest BCUT2D eigenvalue weighted by atomic mass is 9.69. The van der Waals surface area contributed by atoms with Crippen LogP contribution >= 0.6 is 0 Å². The molecule has 1 aromatic rings. The summed E-state index contributed by atoms with van der Waals surface area (Å²) >= 11 is 0. The van der Waals surface area contributed by atoms with Gasteiger partial charge in [-0.05, 0) is 50.7 Å². The largest absolute Gasteiger partial charge is 0.507 e. The van der Waals surface area contributed by atoms with Crippen molar-refractivity contribution in [3.8, 4) is 5.75 Å². The Kier molecular flexibility index (Phi) is 6.33. The van der Waals surface area contributed by atoms with Crippen molar-refractivity contribution in [2.24, 2.45) is 17.8 Å². The van der Waals surface area contributed by atoms with Crippen molar-refractivity contribution in [3.05, 3.63) is 46.5 Å². The third kappa shape index (κ3) is 3.96. The number of fused-ring (bicyclic) bond motifs is 3. The molecule has 0 aromatic heterocycles. The molecule has 0 radical (unpaired) electrons. The van der Waals surface area contributed by atoms with Crippen LogP contribution in [0.25, 0.3) is 6.08 Å². The molecule has 2 amide bonds. The van der Waals surface area contributed by atoms with Crippen LogP contribution in [-0.2, 0) is 14.3 Å². The number of ether oxygens (including phenoxy) is 1. The molecule has 0 unspecified atom stereocenters. The fourth-order valence-corrected chi connectivity index (χ4v) is 5.63. The van der Waals surface area contributed by atoms with E-state index < -0.39 is 0 Å². The average Bonchev–Trinajstić information content (AvgIpc) is 3.28. The second kappa shape index (κ2) is 8.99. The van der Waals surface area contributed by atoms with Gasteiger partial charge in [-0.3, -0.25) is 14.5 Å². The number of phenols is 1. The smallest absolute Gasteiger partial charge is 0.233 e. The molecule has 31 heavy (non-hydrogen) atoms. The normalized spacial score (nSPS) is 28.4. The molecule has 4 atom stereocenters. The van der Waals surface area contributed by atoms with Gasteiger partial charge in [0.25, 0.3) is 0 Å². The molecule has 2 heterocycles. The van der Waals surface area contributed by atoms with Gasteiger partial charge in [-0.25, -0.2) is 0 Å². The van der Waals surface area contributed by atoms with Crippen LogP contribution in [0.3, 0.4) is 0 Å². The first kappa shape index (κ1) is 21.8. The molecule has 5 heteroatoms. The highest BCUT2D eigenvalue weighted by Gasteiger charge is 2.56. The molecule has 5 nitrogen and oxygen atoms in total. The summed E-state index contributed by atoms with van der Waals surface area (Å²) in [5.74, 6) is -0.0880. The monoisotopic (exact) mass is 423 g/mol. The van der Waals surface area contributed by atoms with E-state index in [4.69, 9.17) is 4.74 Å². The number of carbonyl (C=O) groups excluding carboxylic acids is 2. The first-order chi connectivity index (χ1) is 15.0. The maximum absolute atomic E-state index is 13.1. The maximum Gasteiger partial charge on any atom is 0.233 e. The quantitative estimate of drug-likeness (QED) is 0.509. The van der Waals surface area contributed by atoms with Crippen LogP contribution in [-0.4, -0.2) is 41.1 Å². The minimum absolute atomic E-state index is 0.00869. The van der Waals surface area contributed by atoms with Gasteiger partial charge in [-0.2, -0.15) is 0 Å². The summed E-state index contributed by atoms with van der Waals surface area (Å²) in [7, 11) is 0. The van der Waals surface area contributed by atoms with Crippen LogP contribution in [0.4, 0.5) is 0 Å². The lowest BCUT2D eigenvalue weighted by molar-refractivity contribution is -0.140. The van der Waals surface area contributed by atoms with Crippen molar-refractivity contribution in [2.45, 2.75) is 59.0 Å². The number of phenolic OH excluding ortho intramolecular Hbond substituents is 1. The fraction of sp³-hybridized carbons (Fsp3) is 0.538. The molecule has 2 saturated heterocycles. The van der Waals surface area contributed by atoms with Crippen LogP contribution in [0.1, 0.15) is 58.4 Å². The highest BCUT2D eigenvalue weighted by molar-refractivity contribution is 6.05. The van der Waals surface area contributed by atoms with Crippen molar-refractivity contribution < 1.29 is 19.4 Å². The average molecular weight is 424 g/mol. The maximum atomic E-state index is 13.1. The summed E-state index contributed by atoms with van der Waals surface area (Å²) in [4.78, 5) is 27.5. The van der Waals surface area contributed by atoms with Crippen LogP contribution in [0.15, 0.2) is 41.0 Å². The SMILES string of the molecule is CCCN1C(=O)[C@@H]2[C@@H](CC(CC)=C3[C@@H](CC/C(C)=C/c4ccccc4O)OC[C@@H]32)C1=O. The van der Waals surface area contributed by atoms with Crippen LogP contribution in [0, 0.1) is 17.8 Å². The van der Waals surface area contributed by atoms with E-state index in [9.17, 15) is 14.7 Å². The number of aromatic hydroxyl groups is 1. The zero-order chi connectivity index (χ0) is 22.1. The molecule has 1 aromatic carbocycles. The van der Waals surface area contributed by atoms with Gasteiger partial charge in [-0.1, -0.05) is 49.3 Å². The Hall–Kier alpha value is -2.40. The Morgan fingerprint density at radius 3 is 2.68 bits per heavy atom. The van der Waals surface area contributed by atoms with E-state index in [0.29, 0.717) is 19.6 Å². The van der Waals surface area contributed by atoms with E-state index in [1.807, 2.05) is 31.2 Å². The molecule has 0 saturated carbocycles. The van der Waals surface area contributed by atoms with Gasteiger partial charge in [0.15, 0.2) is 0 Å². The Balaban J connectivity index is 1.51. The predicted molar refractivity (Wildman–Crippen MR) is 120 cm³/mol. The molecule has 2 fully saturated rings. The van der Waals surface area contributed by atoms with Gasteiger partial charge in [0.2, 0.25) is 11.8 Å². The Morgan fingerprint density at radius 1 is 1.19 bits per heavy atom. The summed E-state index contributed by atoms with van der Waals surface area (Å²) in [6.07, 6.45) is 6.14. The van der Waals surface area contributed by atoms with Crippen molar-refractivity contribution in [1.29, 1.82) is 0 Å². The number of hydrogen-bond acceptors (Lipinski definition) is 4. The van der Waals surface area contributed by atoms with Gasteiger partial charge in [0, 0.05) is 18.0 Å². The molecular formula is C26H33NO4. The van der Waals surface area contributed by atoms with E-state index in [2.05, 4.69) is 13.8 Å². The summed E-state index contributed by atoms with van der Waals surface area (Å²) < 4.78 is 6.23. The third-order valence-electron chi connectivity index (χ3n) is 7.11. The molecule has 0 spiro atoms. The predicted octanol–water partition coefficient (Wildman–Crippen LogP) is 4.71. The first-order valence-electron chi connectivity index (χ1n) is 11.6. The number of rotatable bonds is 7. The Bertz CT molecular complexity index is 931. The number of allylic oxidation sites excluding steroid dienone is 2. The molecular weight excluding hydrogens is 390 g/mol. The van der Waals surface area contributed by atoms with Crippen molar-refractivity contribution in [1.82, 2.24) is 4.90 Å². The van der Waals surface area contributed by atoms with Gasteiger partial charge >= 0.3 is 0 Å². The lowest BCUT2D eigenvalue weighted by Crippen LogP contribution is -2.34. The molecule has 1 aliphatic carbocycles. The molecule has 2 aliphatic heterocycles. The van der Waals surface area contributed by atoms with Gasteiger partial charge in [0.1, 0.15) is 5.75 Å². The van der Waals surface area contributed by atoms with E-state index in [1.165, 1.54) is 21.6 Å². The first-order valence-corrected chi connectivity index (χ1v) is 11.6. The number of amides is 2. The van der Waals surface area contributed by atoms with E-state index in [0.717, 1.165) is 31.2 Å². The van der Waals surface area contributed by atoms with Crippen LogP contribution in [0.2, 0.25) is 0 Å². The fourth-order valence-electron chi connectivity index (χ4n) is 5.63. The highest BCUT2D eigenvalue weighted by Crippen LogP contribution is 2.50. The topological polar surface area (TPSA) is 66.8 Å². The summed E-state index contributed by atoms with van der Waals surface area (Å²) in [6.45, 7) is 7.28. The Morgan fingerprint density at radius 2 is 1.97 bits per heavy atom. The minimum atomic E-state index is -0.243. The zero-order valence-electron chi connectivity index (χ0n) is 18.8. The number of likely N-dealkylation sites (tertiary alicyclic amines) is 1. The van der Waals surface area contributed by atoms with Crippen molar-refractivity contribution in [3.63, 3.8) is 0 Å². The third-order valence-corrected chi connectivity index (χ3v) is 7.11. The Labute approximate surface area is 184 Å². The number of carbonyl (C=O) groups is 2. The summed E-state index contributed by atoms with van der Waals surface area (Å²) in [6, 6.07) is 7.34. The zero-order valence-corrected chi connectivity index (χ0v) is 18.8. The van der Waals surface area contributed by atoms with E-state index in [1.54, 1.807) is 6.07 Å². The van der Waals surface area contributed by atoms with Gasteiger partial charge in [-0.15, -0.1) is 0 Å². The second-order valence-electron chi connectivity index (χ2n) is 9.09. The number of para-hydroxylation sites is 1. The number of benzene rings is 1.